The van der Waals surface area contributed by atoms with E-state index < -0.39 is 0 Å². The zero-order valence-electron chi connectivity index (χ0n) is 14.9. The molecule has 4 heteroatoms. The second-order valence-corrected chi connectivity index (χ2v) is 8.44. The lowest BCUT2D eigenvalue weighted by molar-refractivity contribution is -0.125. The zero-order valence-corrected chi connectivity index (χ0v) is 14.9. The Morgan fingerprint density at radius 1 is 1.17 bits per heavy atom. The first-order valence-electron chi connectivity index (χ1n) is 9.82. The number of hydrogen-bond donors (Lipinski definition) is 2. The molecule has 0 bridgehead atoms. The molecule has 4 nitrogen and oxygen atoms in total. The smallest absolute Gasteiger partial charge is 0.191 e. The number of rotatable bonds is 4. The van der Waals surface area contributed by atoms with E-state index in [4.69, 9.17) is 4.74 Å². The van der Waals surface area contributed by atoms with E-state index in [0.29, 0.717) is 28.9 Å². The van der Waals surface area contributed by atoms with Crippen molar-refractivity contribution in [1.29, 1.82) is 0 Å². The summed E-state index contributed by atoms with van der Waals surface area (Å²) in [7, 11) is 1.91. The minimum absolute atomic E-state index is 0.400. The van der Waals surface area contributed by atoms with Crippen LogP contribution >= 0.6 is 0 Å². The number of ether oxygens (including phenoxy) is 1. The Morgan fingerprint density at radius 2 is 1.96 bits per heavy atom. The van der Waals surface area contributed by atoms with Crippen LogP contribution in [0.3, 0.4) is 0 Å². The van der Waals surface area contributed by atoms with Crippen LogP contribution in [0.1, 0.15) is 64.7 Å². The minimum Gasteiger partial charge on any atom is -0.377 e. The van der Waals surface area contributed by atoms with Crippen molar-refractivity contribution in [3.63, 3.8) is 0 Å². The van der Waals surface area contributed by atoms with Crippen LogP contribution in [0.2, 0.25) is 0 Å². The average Bonchev–Trinajstić information content (AvgIpc) is 3.17. The van der Waals surface area contributed by atoms with Crippen molar-refractivity contribution in [2.75, 3.05) is 20.2 Å². The molecule has 0 radical (unpaired) electrons. The Hall–Kier alpha value is -0.770. The fraction of sp³-hybridized carbons (Fsp3) is 0.947. The highest BCUT2D eigenvalue weighted by Crippen LogP contribution is 2.60. The standard InChI is InChI=1S/C19H33N3O/c1-3-18(8-6-9-18)13-21-17(20-2)22-15-14-7-12-23-16(14)19(15)10-4-5-11-19/h14-16H,3-13H2,1-2H3,(H2,20,21,22). The van der Waals surface area contributed by atoms with Crippen LogP contribution in [0.4, 0.5) is 0 Å². The van der Waals surface area contributed by atoms with Gasteiger partial charge >= 0.3 is 0 Å². The van der Waals surface area contributed by atoms with E-state index in [2.05, 4.69) is 22.5 Å². The lowest BCUT2D eigenvalue weighted by Gasteiger charge is -2.57. The van der Waals surface area contributed by atoms with E-state index in [9.17, 15) is 0 Å². The van der Waals surface area contributed by atoms with Crippen molar-refractivity contribution in [1.82, 2.24) is 10.6 Å². The predicted molar refractivity (Wildman–Crippen MR) is 93.6 cm³/mol. The second-order valence-electron chi connectivity index (χ2n) is 8.44. The Morgan fingerprint density at radius 3 is 2.57 bits per heavy atom. The Labute approximate surface area is 140 Å². The molecule has 0 amide bonds. The third kappa shape index (κ3) is 2.40. The molecule has 4 fully saturated rings. The molecule has 1 spiro atoms. The highest BCUT2D eigenvalue weighted by Gasteiger charge is 2.65. The molecule has 3 atom stereocenters. The summed E-state index contributed by atoms with van der Waals surface area (Å²) in [5, 5.41) is 7.46. The maximum atomic E-state index is 6.09. The molecule has 0 aromatic carbocycles. The van der Waals surface area contributed by atoms with Crippen LogP contribution in [-0.2, 0) is 4.74 Å². The lowest BCUT2D eigenvalue weighted by atomic mass is 9.54. The third-order valence-electron chi connectivity index (χ3n) is 7.60. The molecule has 0 aromatic heterocycles. The topological polar surface area (TPSA) is 45.7 Å². The van der Waals surface area contributed by atoms with Gasteiger partial charge in [0.15, 0.2) is 5.96 Å². The van der Waals surface area contributed by atoms with Gasteiger partial charge in [-0.3, -0.25) is 4.99 Å². The summed E-state index contributed by atoms with van der Waals surface area (Å²) in [6.07, 6.45) is 12.6. The zero-order chi connectivity index (χ0) is 15.9. The summed E-state index contributed by atoms with van der Waals surface area (Å²) < 4.78 is 6.09. The minimum atomic E-state index is 0.400. The third-order valence-corrected chi connectivity index (χ3v) is 7.60. The number of aliphatic imine (C=N–C) groups is 1. The summed E-state index contributed by atoms with van der Waals surface area (Å²) in [4.78, 5) is 4.53. The summed E-state index contributed by atoms with van der Waals surface area (Å²) >= 11 is 0. The molecule has 1 saturated heterocycles. The summed E-state index contributed by atoms with van der Waals surface area (Å²) in [6, 6.07) is 0.572. The molecular formula is C19H33N3O. The van der Waals surface area contributed by atoms with Gasteiger partial charge in [-0.15, -0.1) is 0 Å². The summed E-state index contributed by atoms with van der Waals surface area (Å²) in [5.74, 6) is 1.72. The number of nitrogens with zero attached hydrogens (tertiary/aromatic N) is 1. The van der Waals surface area contributed by atoms with Crippen LogP contribution in [0, 0.1) is 16.7 Å². The van der Waals surface area contributed by atoms with Crippen LogP contribution in [0.5, 0.6) is 0 Å². The van der Waals surface area contributed by atoms with Crippen molar-refractivity contribution < 1.29 is 4.74 Å². The molecule has 3 saturated carbocycles. The van der Waals surface area contributed by atoms with E-state index in [1.54, 1.807) is 0 Å². The van der Waals surface area contributed by atoms with Gasteiger partial charge in [0, 0.05) is 37.6 Å². The van der Waals surface area contributed by atoms with Crippen molar-refractivity contribution >= 4 is 5.96 Å². The quantitative estimate of drug-likeness (QED) is 0.618. The largest absolute Gasteiger partial charge is 0.377 e. The molecule has 0 aromatic rings. The van der Waals surface area contributed by atoms with Gasteiger partial charge in [0.1, 0.15) is 0 Å². The van der Waals surface area contributed by atoms with Gasteiger partial charge in [-0.2, -0.15) is 0 Å². The van der Waals surface area contributed by atoms with Crippen molar-refractivity contribution in [3.8, 4) is 0 Å². The number of guanidine groups is 1. The highest BCUT2D eigenvalue weighted by atomic mass is 16.5. The molecule has 1 heterocycles. The van der Waals surface area contributed by atoms with Crippen LogP contribution in [0.15, 0.2) is 4.99 Å². The van der Waals surface area contributed by atoms with Crippen LogP contribution in [0.25, 0.3) is 0 Å². The van der Waals surface area contributed by atoms with Gasteiger partial charge in [0.05, 0.1) is 6.10 Å². The molecule has 1 aliphatic heterocycles. The molecular weight excluding hydrogens is 286 g/mol. The van der Waals surface area contributed by atoms with Crippen molar-refractivity contribution in [2.45, 2.75) is 76.9 Å². The summed E-state index contributed by atoms with van der Waals surface area (Å²) in [5.41, 5.74) is 0.930. The fourth-order valence-electron chi connectivity index (χ4n) is 5.85. The monoisotopic (exact) mass is 319 g/mol. The SMILES string of the molecule is CCC1(CNC(=NC)NC2C3CCOC3C23CCCC3)CCC1. The van der Waals surface area contributed by atoms with Gasteiger partial charge in [0.2, 0.25) is 0 Å². The maximum Gasteiger partial charge on any atom is 0.191 e. The molecule has 23 heavy (non-hydrogen) atoms. The first-order chi connectivity index (χ1) is 11.2. The van der Waals surface area contributed by atoms with Crippen LogP contribution < -0.4 is 10.6 Å². The molecule has 2 N–H and O–H groups in total. The molecule has 130 valence electrons. The lowest BCUT2D eigenvalue weighted by Crippen LogP contribution is -2.69. The Balaban J connectivity index is 1.39. The molecule has 3 aliphatic carbocycles. The van der Waals surface area contributed by atoms with E-state index >= 15 is 0 Å². The van der Waals surface area contributed by atoms with Gasteiger partial charge in [0.25, 0.3) is 0 Å². The summed E-state index contributed by atoms with van der Waals surface area (Å²) in [6.45, 7) is 4.37. The Kier molecular flexibility index (Phi) is 4.07. The predicted octanol–water partition coefficient (Wildman–Crippen LogP) is 3.08. The Bertz CT molecular complexity index is 460. The van der Waals surface area contributed by atoms with E-state index in [1.165, 1.54) is 57.8 Å². The van der Waals surface area contributed by atoms with Crippen molar-refractivity contribution in [3.05, 3.63) is 0 Å². The van der Waals surface area contributed by atoms with Crippen molar-refractivity contribution in [2.24, 2.45) is 21.7 Å². The van der Waals surface area contributed by atoms with Crippen LogP contribution in [-0.4, -0.2) is 38.3 Å². The van der Waals surface area contributed by atoms with Gasteiger partial charge in [-0.05, 0) is 43.9 Å². The van der Waals surface area contributed by atoms with Gasteiger partial charge in [-0.25, -0.2) is 0 Å². The van der Waals surface area contributed by atoms with E-state index in [-0.39, 0.29) is 0 Å². The normalized spacial score (nSPS) is 37.1. The van der Waals surface area contributed by atoms with Gasteiger partial charge in [-0.1, -0.05) is 26.2 Å². The average molecular weight is 319 g/mol. The number of hydrogen-bond acceptors (Lipinski definition) is 2. The molecule has 3 unspecified atom stereocenters. The molecule has 4 rings (SSSR count). The maximum absolute atomic E-state index is 6.09. The first kappa shape index (κ1) is 15.7. The van der Waals surface area contributed by atoms with E-state index in [1.807, 2.05) is 7.05 Å². The highest BCUT2D eigenvalue weighted by molar-refractivity contribution is 5.80. The first-order valence-corrected chi connectivity index (χ1v) is 9.82. The van der Waals surface area contributed by atoms with E-state index in [0.717, 1.165) is 19.1 Å². The number of nitrogens with one attached hydrogen (secondary N) is 2. The number of fused-ring (bicyclic) bond motifs is 2. The molecule has 4 aliphatic rings. The van der Waals surface area contributed by atoms with Gasteiger partial charge < -0.3 is 15.4 Å². The fourth-order valence-corrected chi connectivity index (χ4v) is 5.85. The second kappa shape index (κ2) is 5.94.